The Bertz CT molecular complexity index is 4850. The number of nitrogens with zero attached hydrogens (tertiary/aromatic N) is 7. The molecule has 0 amide bonds. The van der Waals surface area contributed by atoms with Crippen molar-refractivity contribution in [3.63, 3.8) is 0 Å². The number of aromatic nitrogens is 5. The van der Waals surface area contributed by atoms with E-state index in [2.05, 4.69) is 340 Å². The molecule has 0 aliphatic heterocycles. The van der Waals surface area contributed by atoms with Crippen molar-refractivity contribution in [1.29, 1.82) is 0 Å². The minimum Gasteiger partial charge on any atom is -0.309 e. The second kappa shape index (κ2) is 22.2. The van der Waals surface area contributed by atoms with Gasteiger partial charge in [-0.05, 0) is 154 Å². The van der Waals surface area contributed by atoms with Gasteiger partial charge in [-0.1, -0.05) is 224 Å². The van der Waals surface area contributed by atoms with Crippen molar-refractivity contribution in [3.05, 3.63) is 334 Å². The summed E-state index contributed by atoms with van der Waals surface area (Å²) in [6.07, 6.45) is 0. The first kappa shape index (κ1) is 51.7. The third-order valence-corrected chi connectivity index (χ3v) is 16.8. The third-order valence-electron chi connectivity index (χ3n) is 16.8. The van der Waals surface area contributed by atoms with Crippen LogP contribution in [0.2, 0.25) is 0 Å². The first-order valence-electron chi connectivity index (χ1n) is 29.8. The molecule has 414 valence electrons. The van der Waals surface area contributed by atoms with Crippen molar-refractivity contribution < 1.29 is 0 Å². The van der Waals surface area contributed by atoms with E-state index < -0.39 is 0 Å². The lowest BCUT2D eigenvalue weighted by Crippen LogP contribution is -2.19. The molecular formula is C81H55N7. The molecular weight excluding hydrogens is 1070 g/mol. The normalized spacial score (nSPS) is 11.4. The highest BCUT2D eigenvalue weighted by Gasteiger charge is 2.27. The number of fused-ring (bicyclic) bond motifs is 6. The SMILES string of the molecule is c1ccc(-c2cccc(-c3ccccc3)c2-c2nc(N(c3ccccc3)c3ccc(-c4ccc5c(c4)c4ccccc4n5-c4ccccc4)cc3)nc(N(c3ccccc3)c3ccc(-c4ccc5c(c4)c4ccccc4n5-c4ccccc4)cc3)n2)cc1. The zero-order valence-corrected chi connectivity index (χ0v) is 47.9. The van der Waals surface area contributed by atoms with Crippen molar-refractivity contribution in [1.82, 2.24) is 24.1 Å². The largest absolute Gasteiger partial charge is 0.309 e. The van der Waals surface area contributed by atoms with Gasteiger partial charge in [0.05, 0.1) is 22.1 Å². The average molecular weight is 1130 g/mol. The van der Waals surface area contributed by atoms with E-state index in [-0.39, 0.29) is 0 Å². The number of rotatable bonds is 13. The van der Waals surface area contributed by atoms with Crippen LogP contribution in [0, 0.1) is 0 Å². The quantitative estimate of drug-likeness (QED) is 0.115. The molecule has 0 atom stereocenters. The van der Waals surface area contributed by atoms with Crippen LogP contribution in [0.1, 0.15) is 0 Å². The number of para-hydroxylation sites is 6. The summed E-state index contributed by atoms with van der Waals surface area (Å²) < 4.78 is 4.71. The third kappa shape index (κ3) is 9.31. The van der Waals surface area contributed by atoms with Crippen LogP contribution in [-0.4, -0.2) is 24.1 Å². The van der Waals surface area contributed by atoms with E-state index in [0.29, 0.717) is 17.7 Å². The molecule has 0 saturated carbocycles. The van der Waals surface area contributed by atoms with E-state index in [0.717, 1.165) is 95.2 Å². The van der Waals surface area contributed by atoms with E-state index >= 15 is 0 Å². The van der Waals surface area contributed by atoms with Crippen LogP contribution in [-0.2, 0) is 0 Å². The molecule has 7 heteroatoms. The van der Waals surface area contributed by atoms with Gasteiger partial charge in [0, 0.05) is 61.2 Å². The molecule has 0 N–H and O–H groups in total. The van der Waals surface area contributed by atoms with Crippen molar-refractivity contribution in [3.8, 4) is 67.3 Å². The maximum absolute atomic E-state index is 5.66. The molecule has 0 unspecified atom stereocenters. The predicted octanol–water partition coefficient (Wildman–Crippen LogP) is 21.3. The molecule has 0 aliphatic rings. The molecule has 0 radical (unpaired) electrons. The summed E-state index contributed by atoms with van der Waals surface area (Å²) >= 11 is 0. The first-order chi connectivity index (χ1) is 43.7. The van der Waals surface area contributed by atoms with Crippen LogP contribution in [0.5, 0.6) is 0 Å². The number of anilines is 6. The lowest BCUT2D eigenvalue weighted by molar-refractivity contribution is 0.989. The molecule has 88 heavy (non-hydrogen) atoms. The Labute approximate surface area is 510 Å². The molecule has 16 rings (SSSR count). The lowest BCUT2D eigenvalue weighted by Gasteiger charge is -2.28. The maximum atomic E-state index is 5.66. The number of hydrogen-bond acceptors (Lipinski definition) is 5. The van der Waals surface area contributed by atoms with E-state index in [1.54, 1.807) is 0 Å². The molecule has 0 spiro atoms. The Kier molecular flexibility index (Phi) is 13.1. The Hall–Kier alpha value is -11.9. The van der Waals surface area contributed by atoms with Gasteiger partial charge in [0.2, 0.25) is 11.9 Å². The molecule has 0 bridgehead atoms. The van der Waals surface area contributed by atoms with Crippen LogP contribution in [0.15, 0.2) is 334 Å². The van der Waals surface area contributed by atoms with Crippen molar-refractivity contribution in [2.75, 3.05) is 9.80 Å². The van der Waals surface area contributed by atoms with E-state index in [1.165, 1.54) is 32.6 Å². The second-order valence-corrected chi connectivity index (χ2v) is 22.0. The van der Waals surface area contributed by atoms with Gasteiger partial charge in [0.15, 0.2) is 5.82 Å². The molecule has 3 aromatic heterocycles. The fourth-order valence-electron chi connectivity index (χ4n) is 12.7. The Balaban J connectivity index is 0.867. The minimum atomic E-state index is 0.455. The van der Waals surface area contributed by atoms with Crippen LogP contribution >= 0.6 is 0 Å². The zero-order valence-electron chi connectivity index (χ0n) is 47.9. The summed E-state index contributed by atoms with van der Waals surface area (Å²) in [5, 5.41) is 4.82. The van der Waals surface area contributed by atoms with Gasteiger partial charge >= 0.3 is 0 Å². The Morgan fingerprint density at radius 3 is 0.966 bits per heavy atom. The first-order valence-corrected chi connectivity index (χ1v) is 29.8. The highest BCUT2D eigenvalue weighted by molar-refractivity contribution is 6.12. The molecule has 0 fully saturated rings. The summed E-state index contributed by atoms with van der Waals surface area (Å²) in [5.41, 5.74) is 19.9. The summed E-state index contributed by atoms with van der Waals surface area (Å²) in [6.45, 7) is 0. The number of benzene rings is 13. The fraction of sp³-hybridized carbons (Fsp3) is 0. The second-order valence-electron chi connectivity index (χ2n) is 22.0. The highest BCUT2D eigenvalue weighted by Crippen LogP contribution is 2.45. The molecule has 16 aromatic rings. The van der Waals surface area contributed by atoms with Gasteiger partial charge in [-0.25, -0.2) is 0 Å². The fourth-order valence-corrected chi connectivity index (χ4v) is 12.7. The summed E-state index contributed by atoms with van der Waals surface area (Å²) in [5.74, 6) is 1.44. The molecule has 13 aromatic carbocycles. The topological polar surface area (TPSA) is 55.0 Å². The average Bonchev–Trinajstić information content (AvgIpc) is 1.70. The van der Waals surface area contributed by atoms with Gasteiger partial charge in [-0.2, -0.15) is 15.0 Å². The monoisotopic (exact) mass is 1130 g/mol. The van der Waals surface area contributed by atoms with Gasteiger partial charge in [0.25, 0.3) is 0 Å². The zero-order chi connectivity index (χ0) is 58.3. The van der Waals surface area contributed by atoms with Crippen molar-refractivity contribution in [2.45, 2.75) is 0 Å². The smallest absolute Gasteiger partial charge is 0.240 e. The van der Waals surface area contributed by atoms with Crippen LogP contribution in [0.4, 0.5) is 34.6 Å². The van der Waals surface area contributed by atoms with Gasteiger partial charge in [-0.3, -0.25) is 9.80 Å². The van der Waals surface area contributed by atoms with E-state index in [9.17, 15) is 0 Å². The highest BCUT2D eigenvalue weighted by atomic mass is 15.3. The van der Waals surface area contributed by atoms with Gasteiger partial charge in [0.1, 0.15) is 0 Å². The van der Waals surface area contributed by atoms with Crippen LogP contribution in [0.3, 0.4) is 0 Å². The molecule has 7 nitrogen and oxygen atoms in total. The molecule has 0 saturated heterocycles. The standard InChI is InChI=1S/C81H55N7/c1-7-24-58(25-8-1)68-38-23-39-69(59-26-9-2-10-27-59)78(68)79-82-80(85(62-28-11-3-12-29-62)66-48-42-56(43-49-66)60-46-52-76-72(54-60)70-36-19-21-40-74(70)87(76)64-32-15-5-16-33-64)84-81(83-79)86(63-30-13-4-14-31-63)67-50-44-57(45-51-67)61-47-53-77-73(55-61)71-37-20-22-41-75(71)88(77)65-34-17-6-18-35-65/h1-55H. The Morgan fingerprint density at radius 1 is 0.227 bits per heavy atom. The van der Waals surface area contributed by atoms with E-state index in [4.69, 9.17) is 15.0 Å². The van der Waals surface area contributed by atoms with Crippen molar-refractivity contribution >= 4 is 78.3 Å². The maximum Gasteiger partial charge on any atom is 0.240 e. The van der Waals surface area contributed by atoms with Gasteiger partial charge < -0.3 is 9.13 Å². The van der Waals surface area contributed by atoms with Crippen LogP contribution < -0.4 is 9.80 Å². The predicted molar refractivity (Wildman–Crippen MR) is 365 cm³/mol. The number of hydrogen-bond donors (Lipinski definition) is 0. The molecule has 0 aliphatic carbocycles. The Morgan fingerprint density at radius 2 is 0.557 bits per heavy atom. The summed E-state index contributed by atoms with van der Waals surface area (Å²) in [6, 6.07) is 118. The van der Waals surface area contributed by atoms with E-state index in [1.807, 2.05) is 12.1 Å². The summed E-state index contributed by atoms with van der Waals surface area (Å²) in [7, 11) is 0. The summed E-state index contributed by atoms with van der Waals surface area (Å²) in [4.78, 5) is 21.3. The van der Waals surface area contributed by atoms with Gasteiger partial charge in [-0.15, -0.1) is 0 Å². The molecule has 3 heterocycles. The van der Waals surface area contributed by atoms with Crippen molar-refractivity contribution in [2.24, 2.45) is 0 Å². The lowest BCUT2D eigenvalue weighted by atomic mass is 9.91. The minimum absolute atomic E-state index is 0.455. The van der Waals surface area contributed by atoms with Crippen LogP contribution in [0.25, 0.3) is 111 Å².